The molecular weight excluding hydrogens is 554 g/mol. The van der Waals surface area contributed by atoms with E-state index in [-0.39, 0.29) is 30.8 Å². The molecule has 1 atom stereocenters. The van der Waals surface area contributed by atoms with Gasteiger partial charge in [0.05, 0.1) is 11.9 Å². The number of benzene rings is 2. The van der Waals surface area contributed by atoms with Crippen molar-refractivity contribution in [1.82, 2.24) is 10.2 Å². The zero-order chi connectivity index (χ0) is 27.2. The first-order valence-corrected chi connectivity index (χ1v) is 15.5. The molecule has 9 heteroatoms. The van der Waals surface area contributed by atoms with Gasteiger partial charge >= 0.3 is 0 Å². The molecule has 0 saturated heterocycles. The quantitative estimate of drug-likeness (QED) is 0.394. The van der Waals surface area contributed by atoms with Crippen molar-refractivity contribution in [1.29, 1.82) is 0 Å². The Morgan fingerprint density at radius 1 is 1.05 bits per heavy atom. The highest BCUT2D eigenvalue weighted by Gasteiger charge is 2.28. The van der Waals surface area contributed by atoms with Crippen LogP contribution in [0.3, 0.4) is 0 Å². The van der Waals surface area contributed by atoms with Crippen LogP contribution in [0.5, 0.6) is 0 Å². The fraction of sp³-hybridized carbons (Fsp3) is 0.500. The molecule has 2 aromatic carbocycles. The molecule has 7 nitrogen and oxygen atoms in total. The molecule has 0 aliphatic heterocycles. The van der Waals surface area contributed by atoms with E-state index in [0.29, 0.717) is 18.7 Å². The van der Waals surface area contributed by atoms with E-state index in [0.717, 1.165) is 46.8 Å². The highest BCUT2D eigenvalue weighted by Crippen LogP contribution is 2.23. The van der Waals surface area contributed by atoms with Crippen molar-refractivity contribution in [2.24, 2.45) is 0 Å². The van der Waals surface area contributed by atoms with Crippen molar-refractivity contribution in [2.45, 2.75) is 77.9 Å². The Hall–Kier alpha value is -2.39. The molecule has 1 fully saturated rings. The summed E-state index contributed by atoms with van der Waals surface area (Å²) in [6.45, 7) is 6.17. The van der Waals surface area contributed by atoms with Gasteiger partial charge in [-0.2, -0.15) is 0 Å². The summed E-state index contributed by atoms with van der Waals surface area (Å²) in [7, 11) is -3.52. The summed E-state index contributed by atoms with van der Waals surface area (Å²) in [6, 6.07) is 12.8. The molecule has 1 N–H and O–H groups in total. The zero-order valence-electron chi connectivity index (χ0n) is 22.2. The van der Waals surface area contributed by atoms with Crippen LogP contribution in [-0.2, 0) is 26.2 Å². The molecule has 3 rings (SSSR count). The van der Waals surface area contributed by atoms with E-state index in [1.807, 2.05) is 50.2 Å². The maximum absolute atomic E-state index is 13.4. The fourth-order valence-electron chi connectivity index (χ4n) is 4.65. The van der Waals surface area contributed by atoms with E-state index in [2.05, 4.69) is 21.2 Å². The Morgan fingerprint density at radius 2 is 1.70 bits per heavy atom. The van der Waals surface area contributed by atoms with Gasteiger partial charge in [-0.1, -0.05) is 47.0 Å². The Kier molecular flexibility index (Phi) is 10.2. The third-order valence-corrected chi connectivity index (χ3v) is 8.79. The van der Waals surface area contributed by atoms with Gasteiger partial charge < -0.3 is 10.2 Å². The van der Waals surface area contributed by atoms with Crippen LogP contribution in [0, 0.1) is 13.8 Å². The zero-order valence-corrected chi connectivity index (χ0v) is 24.6. The van der Waals surface area contributed by atoms with Crippen molar-refractivity contribution in [3.8, 4) is 0 Å². The number of sulfonamides is 1. The molecule has 2 aromatic rings. The van der Waals surface area contributed by atoms with Gasteiger partial charge in [-0.3, -0.25) is 13.9 Å². The summed E-state index contributed by atoms with van der Waals surface area (Å²) in [4.78, 5) is 28.1. The normalized spacial score (nSPS) is 14.8. The number of rotatable bonds is 11. The highest BCUT2D eigenvalue weighted by atomic mass is 79.9. The first-order valence-electron chi connectivity index (χ1n) is 12.8. The Bertz CT molecular complexity index is 1190. The Labute approximate surface area is 229 Å². The summed E-state index contributed by atoms with van der Waals surface area (Å²) >= 11 is 3.43. The molecule has 1 saturated carbocycles. The minimum atomic E-state index is -3.52. The summed E-state index contributed by atoms with van der Waals surface area (Å²) in [6.07, 6.45) is 5.81. The first kappa shape index (κ1) is 29.2. The molecular formula is C28H38BrN3O4S. The number of nitrogens with one attached hydrogen (secondary N) is 1. The smallest absolute Gasteiger partial charge is 0.242 e. The molecule has 1 aliphatic rings. The number of carbonyl (C=O) groups is 2. The van der Waals surface area contributed by atoms with E-state index in [1.165, 1.54) is 10.6 Å². The van der Waals surface area contributed by atoms with Gasteiger partial charge in [0.1, 0.15) is 6.04 Å². The van der Waals surface area contributed by atoms with E-state index in [9.17, 15) is 18.0 Å². The van der Waals surface area contributed by atoms with Gasteiger partial charge in [0.25, 0.3) is 0 Å². The third kappa shape index (κ3) is 8.30. The van der Waals surface area contributed by atoms with Crippen LogP contribution < -0.4 is 9.62 Å². The fourth-order valence-corrected chi connectivity index (χ4v) is 5.87. The van der Waals surface area contributed by atoms with E-state index < -0.39 is 16.1 Å². The van der Waals surface area contributed by atoms with Crippen LogP contribution in [0.15, 0.2) is 46.9 Å². The minimum Gasteiger partial charge on any atom is -0.352 e. The Balaban J connectivity index is 1.72. The van der Waals surface area contributed by atoms with Gasteiger partial charge in [0.2, 0.25) is 21.8 Å². The first-order chi connectivity index (χ1) is 17.5. The summed E-state index contributed by atoms with van der Waals surface area (Å²) in [5, 5.41) is 3.11. The lowest BCUT2D eigenvalue weighted by atomic mass is 10.1. The molecule has 0 spiro atoms. The average Bonchev–Trinajstić information content (AvgIpc) is 3.35. The van der Waals surface area contributed by atoms with Crippen LogP contribution in [-0.4, -0.2) is 50.0 Å². The number of halogens is 1. The molecule has 2 amide bonds. The maximum Gasteiger partial charge on any atom is 0.242 e. The van der Waals surface area contributed by atoms with E-state index >= 15 is 0 Å². The second kappa shape index (κ2) is 12.9. The van der Waals surface area contributed by atoms with Crippen LogP contribution in [0.4, 0.5) is 5.69 Å². The SMILES string of the molecule is Cc1ccc(N(CCCC(=O)N(Cc2ccc(Br)cc2)[C@H](C)C(=O)NC2CCCC2)S(C)(=O)=O)cc1C. The van der Waals surface area contributed by atoms with Crippen LogP contribution in [0.25, 0.3) is 0 Å². The molecule has 202 valence electrons. The molecule has 37 heavy (non-hydrogen) atoms. The summed E-state index contributed by atoms with van der Waals surface area (Å²) < 4.78 is 27.4. The number of amides is 2. The second-order valence-electron chi connectivity index (χ2n) is 10.0. The number of carbonyl (C=O) groups excluding carboxylic acids is 2. The van der Waals surface area contributed by atoms with Crippen LogP contribution in [0.2, 0.25) is 0 Å². The number of hydrogen-bond donors (Lipinski definition) is 1. The molecule has 0 bridgehead atoms. The van der Waals surface area contributed by atoms with Crippen molar-refractivity contribution in [3.05, 3.63) is 63.6 Å². The maximum atomic E-state index is 13.4. The summed E-state index contributed by atoms with van der Waals surface area (Å²) in [5.41, 5.74) is 3.60. The van der Waals surface area contributed by atoms with E-state index in [4.69, 9.17) is 0 Å². The monoisotopic (exact) mass is 591 g/mol. The average molecular weight is 593 g/mol. The standard InChI is InChI=1S/C28H38BrN3O4S/c1-20-11-16-26(18-21(20)2)32(37(4,35)36)17-7-10-27(33)31(19-23-12-14-24(29)15-13-23)22(3)28(34)30-25-8-5-6-9-25/h11-16,18,22,25H,5-10,17,19H2,1-4H3,(H,30,34)/t22-/m1/s1. The molecule has 0 radical (unpaired) electrons. The van der Waals surface area contributed by atoms with Gasteiger partial charge in [-0.25, -0.2) is 8.42 Å². The Morgan fingerprint density at radius 3 is 2.30 bits per heavy atom. The topological polar surface area (TPSA) is 86.8 Å². The predicted octanol–water partition coefficient (Wildman–Crippen LogP) is 5.09. The number of aryl methyl sites for hydroxylation is 2. The lowest BCUT2D eigenvalue weighted by molar-refractivity contribution is -0.141. The van der Waals surface area contributed by atoms with Gasteiger partial charge in [0, 0.05) is 30.0 Å². The highest BCUT2D eigenvalue weighted by molar-refractivity contribution is 9.10. The molecule has 0 aromatic heterocycles. The molecule has 0 heterocycles. The minimum absolute atomic E-state index is 0.133. The van der Waals surface area contributed by atoms with Gasteiger partial charge in [0.15, 0.2) is 0 Å². The number of hydrogen-bond acceptors (Lipinski definition) is 4. The van der Waals surface area contributed by atoms with Crippen LogP contribution >= 0.6 is 15.9 Å². The van der Waals surface area contributed by atoms with Gasteiger partial charge in [-0.05, 0) is 81.0 Å². The van der Waals surface area contributed by atoms with Gasteiger partial charge in [-0.15, -0.1) is 0 Å². The predicted molar refractivity (Wildman–Crippen MR) is 152 cm³/mol. The lowest BCUT2D eigenvalue weighted by Crippen LogP contribution is -2.49. The second-order valence-corrected chi connectivity index (χ2v) is 12.8. The van der Waals surface area contributed by atoms with Crippen molar-refractivity contribution < 1.29 is 18.0 Å². The molecule has 0 unspecified atom stereocenters. The number of anilines is 1. The summed E-state index contributed by atoms with van der Waals surface area (Å²) in [5.74, 6) is -0.323. The van der Waals surface area contributed by atoms with Crippen molar-refractivity contribution >= 4 is 43.5 Å². The van der Waals surface area contributed by atoms with Crippen LogP contribution in [0.1, 0.15) is 62.1 Å². The largest absolute Gasteiger partial charge is 0.352 e. The van der Waals surface area contributed by atoms with Crippen molar-refractivity contribution in [2.75, 3.05) is 17.1 Å². The lowest BCUT2D eigenvalue weighted by Gasteiger charge is -2.30. The third-order valence-electron chi connectivity index (χ3n) is 7.07. The number of nitrogens with zero attached hydrogens (tertiary/aromatic N) is 2. The molecule has 1 aliphatic carbocycles. The van der Waals surface area contributed by atoms with E-state index in [1.54, 1.807) is 17.9 Å². The van der Waals surface area contributed by atoms with Crippen molar-refractivity contribution in [3.63, 3.8) is 0 Å².